The van der Waals surface area contributed by atoms with Crippen LogP contribution in [0.2, 0.25) is 5.02 Å². The van der Waals surface area contributed by atoms with E-state index in [0.29, 0.717) is 12.1 Å². The van der Waals surface area contributed by atoms with Gasteiger partial charge < -0.3 is 9.84 Å². The fraction of sp³-hybridized carbons (Fsp3) is 0.200. The molecule has 21 heavy (non-hydrogen) atoms. The minimum atomic E-state index is -1.09. The van der Waals surface area contributed by atoms with Crippen LogP contribution in [0.15, 0.2) is 30.3 Å². The predicted octanol–water partition coefficient (Wildman–Crippen LogP) is 4.32. The fourth-order valence-electron chi connectivity index (χ4n) is 1.80. The van der Waals surface area contributed by atoms with Gasteiger partial charge in [-0.3, -0.25) is 0 Å². The molecule has 0 spiro atoms. The van der Waals surface area contributed by atoms with Crippen LogP contribution in [-0.4, -0.2) is 16.1 Å². The fourth-order valence-corrected chi connectivity index (χ4v) is 1.96. The average molecular weight is 310 g/mol. The number of carbonyl (C=O) groups is 1. The quantitative estimate of drug-likeness (QED) is 0.893. The van der Waals surface area contributed by atoms with Gasteiger partial charge in [-0.15, -0.1) is 0 Å². The van der Waals surface area contributed by atoms with E-state index >= 15 is 0 Å². The summed E-state index contributed by atoms with van der Waals surface area (Å²) in [4.78, 5) is 15.3. The van der Waals surface area contributed by atoms with Crippen molar-refractivity contribution in [2.24, 2.45) is 0 Å². The largest absolute Gasteiger partial charge is 0.478 e. The number of hydrogen-bond acceptors (Lipinski definition) is 3. The molecule has 110 valence electrons. The topological polar surface area (TPSA) is 59.4 Å². The molecule has 0 unspecified atom stereocenters. The molecular weight excluding hydrogens is 297 g/mol. The number of carboxylic acid groups (broad SMARTS) is 1. The molecular formula is C15H13ClFNO3. The van der Waals surface area contributed by atoms with Crippen LogP contribution in [0.5, 0.6) is 11.6 Å². The minimum absolute atomic E-state index is 0.0273. The number of aryl methyl sites for hydroxylation is 1. The highest BCUT2D eigenvalue weighted by Gasteiger charge is 2.13. The van der Waals surface area contributed by atoms with Crippen LogP contribution < -0.4 is 4.74 Å². The Bertz CT molecular complexity index is 676. The molecule has 0 atom stereocenters. The number of benzene rings is 1. The molecule has 1 aromatic heterocycles. The van der Waals surface area contributed by atoms with Crippen LogP contribution in [0.1, 0.15) is 29.4 Å². The van der Waals surface area contributed by atoms with Gasteiger partial charge in [0, 0.05) is 11.8 Å². The highest BCUT2D eigenvalue weighted by atomic mass is 35.5. The van der Waals surface area contributed by atoms with Gasteiger partial charge in [0.15, 0.2) is 11.6 Å². The summed E-state index contributed by atoms with van der Waals surface area (Å²) in [6.45, 7) is 1.95. The number of aromatic carboxylic acids is 1. The van der Waals surface area contributed by atoms with E-state index in [1.165, 1.54) is 30.3 Å². The Balaban J connectivity index is 2.38. The molecule has 0 fully saturated rings. The van der Waals surface area contributed by atoms with E-state index < -0.39 is 11.8 Å². The van der Waals surface area contributed by atoms with E-state index in [1.54, 1.807) is 0 Å². The van der Waals surface area contributed by atoms with E-state index in [-0.39, 0.29) is 22.2 Å². The molecule has 2 aromatic rings. The molecule has 0 bridgehead atoms. The van der Waals surface area contributed by atoms with Crippen LogP contribution in [0, 0.1) is 5.82 Å². The maximum Gasteiger partial charge on any atom is 0.335 e. The van der Waals surface area contributed by atoms with Crippen molar-refractivity contribution in [1.82, 2.24) is 4.98 Å². The van der Waals surface area contributed by atoms with Gasteiger partial charge in [0.1, 0.15) is 0 Å². The summed E-state index contributed by atoms with van der Waals surface area (Å²) < 4.78 is 19.1. The van der Waals surface area contributed by atoms with E-state index in [0.717, 1.165) is 6.42 Å². The third-order valence-electron chi connectivity index (χ3n) is 2.74. The van der Waals surface area contributed by atoms with Crippen molar-refractivity contribution in [3.63, 3.8) is 0 Å². The molecule has 0 radical (unpaired) electrons. The summed E-state index contributed by atoms with van der Waals surface area (Å²) in [5.41, 5.74) is 0.626. The zero-order valence-corrected chi connectivity index (χ0v) is 12.0. The molecule has 1 heterocycles. The Kier molecular flexibility index (Phi) is 4.75. The second kappa shape index (κ2) is 6.54. The molecule has 0 aliphatic heterocycles. The minimum Gasteiger partial charge on any atom is -0.478 e. The number of aromatic nitrogens is 1. The van der Waals surface area contributed by atoms with Gasteiger partial charge >= 0.3 is 5.97 Å². The SMILES string of the molecule is CCCc1cc(C(=O)O)cc(Oc2cccc(Cl)c2F)n1. The van der Waals surface area contributed by atoms with Gasteiger partial charge in [-0.2, -0.15) is 0 Å². The van der Waals surface area contributed by atoms with Crippen LogP contribution in [0.25, 0.3) is 0 Å². The van der Waals surface area contributed by atoms with Crippen molar-refractivity contribution >= 4 is 17.6 Å². The predicted molar refractivity (Wildman–Crippen MR) is 76.7 cm³/mol. The monoisotopic (exact) mass is 309 g/mol. The van der Waals surface area contributed by atoms with Gasteiger partial charge in [0.25, 0.3) is 0 Å². The van der Waals surface area contributed by atoms with Gasteiger partial charge in [0.2, 0.25) is 5.88 Å². The van der Waals surface area contributed by atoms with Crippen molar-refractivity contribution in [1.29, 1.82) is 0 Å². The average Bonchev–Trinajstić information content (AvgIpc) is 2.44. The molecule has 1 N–H and O–H groups in total. The Hall–Kier alpha value is -2.14. The zero-order valence-electron chi connectivity index (χ0n) is 11.3. The lowest BCUT2D eigenvalue weighted by molar-refractivity contribution is 0.0696. The lowest BCUT2D eigenvalue weighted by Crippen LogP contribution is -2.02. The van der Waals surface area contributed by atoms with Crippen molar-refractivity contribution < 1.29 is 19.0 Å². The number of halogens is 2. The summed E-state index contributed by atoms with van der Waals surface area (Å²) in [7, 11) is 0. The highest BCUT2D eigenvalue weighted by Crippen LogP contribution is 2.28. The van der Waals surface area contributed by atoms with E-state index in [2.05, 4.69) is 4.98 Å². The molecule has 6 heteroatoms. The molecule has 1 aromatic carbocycles. The Morgan fingerprint density at radius 2 is 2.19 bits per heavy atom. The molecule has 0 aliphatic carbocycles. The van der Waals surface area contributed by atoms with Gasteiger partial charge in [-0.05, 0) is 24.6 Å². The highest BCUT2D eigenvalue weighted by molar-refractivity contribution is 6.30. The molecule has 0 saturated carbocycles. The van der Waals surface area contributed by atoms with Crippen molar-refractivity contribution in [3.05, 3.63) is 52.4 Å². The molecule has 0 aliphatic rings. The maximum atomic E-state index is 13.8. The molecule has 0 saturated heterocycles. The molecule has 0 amide bonds. The summed E-state index contributed by atoms with van der Waals surface area (Å²) in [6.07, 6.45) is 1.41. The summed E-state index contributed by atoms with van der Waals surface area (Å²) in [6, 6.07) is 7.06. The summed E-state index contributed by atoms with van der Waals surface area (Å²) in [5.74, 6) is -1.87. The molecule has 4 nitrogen and oxygen atoms in total. The summed E-state index contributed by atoms with van der Waals surface area (Å²) >= 11 is 5.67. The Morgan fingerprint density at radius 3 is 2.86 bits per heavy atom. The Morgan fingerprint density at radius 1 is 1.43 bits per heavy atom. The third-order valence-corrected chi connectivity index (χ3v) is 3.03. The number of carboxylic acids is 1. The normalized spacial score (nSPS) is 10.4. The van der Waals surface area contributed by atoms with Crippen LogP contribution in [0.4, 0.5) is 4.39 Å². The van der Waals surface area contributed by atoms with Gasteiger partial charge in [-0.25, -0.2) is 14.2 Å². The first-order chi connectivity index (χ1) is 10.0. The number of ether oxygens (including phenoxy) is 1. The first kappa shape index (κ1) is 15.3. The first-order valence-corrected chi connectivity index (χ1v) is 6.75. The first-order valence-electron chi connectivity index (χ1n) is 6.37. The summed E-state index contributed by atoms with van der Waals surface area (Å²) in [5, 5.41) is 9.01. The van der Waals surface area contributed by atoms with E-state index in [4.69, 9.17) is 21.4 Å². The zero-order chi connectivity index (χ0) is 15.4. The van der Waals surface area contributed by atoms with Crippen LogP contribution in [0.3, 0.4) is 0 Å². The van der Waals surface area contributed by atoms with Gasteiger partial charge in [-0.1, -0.05) is 31.0 Å². The maximum absolute atomic E-state index is 13.8. The second-order valence-electron chi connectivity index (χ2n) is 4.39. The standard InChI is InChI=1S/C15H13ClFNO3/c1-2-4-10-7-9(15(19)20)8-13(18-10)21-12-6-3-5-11(16)14(12)17/h3,5-8H,2,4H2,1H3,(H,19,20). The second-order valence-corrected chi connectivity index (χ2v) is 4.80. The number of hydrogen-bond donors (Lipinski definition) is 1. The van der Waals surface area contributed by atoms with Gasteiger partial charge in [0.05, 0.1) is 10.6 Å². The van der Waals surface area contributed by atoms with Crippen LogP contribution >= 0.6 is 11.6 Å². The number of nitrogens with zero attached hydrogens (tertiary/aromatic N) is 1. The third kappa shape index (κ3) is 3.70. The van der Waals surface area contributed by atoms with Crippen molar-refractivity contribution in [3.8, 4) is 11.6 Å². The molecule has 2 rings (SSSR count). The lowest BCUT2D eigenvalue weighted by Gasteiger charge is -2.09. The Labute approximate surface area is 126 Å². The van der Waals surface area contributed by atoms with Crippen molar-refractivity contribution in [2.45, 2.75) is 19.8 Å². The van der Waals surface area contributed by atoms with E-state index in [9.17, 15) is 9.18 Å². The van der Waals surface area contributed by atoms with Crippen molar-refractivity contribution in [2.75, 3.05) is 0 Å². The number of pyridine rings is 1. The van der Waals surface area contributed by atoms with Crippen LogP contribution in [-0.2, 0) is 6.42 Å². The smallest absolute Gasteiger partial charge is 0.335 e. The van der Waals surface area contributed by atoms with E-state index in [1.807, 2.05) is 6.92 Å². The number of rotatable bonds is 5. The lowest BCUT2D eigenvalue weighted by atomic mass is 10.1.